The smallest absolute Gasteiger partial charge is 0.319 e. The molecule has 0 saturated carbocycles. The zero-order valence-corrected chi connectivity index (χ0v) is 16.9. The van der Waals surface area contributed by atoms with E-state index in [9.17, 15) is 13.2 Å². The number of nitrogens with one attached hydrogen (secondary N) is 2. The molecule has 1 saturated heterocycles. The summed E-state index contributed by atoms with van der Waals surface area (Å²) in [4.78, 5) is 12.4. The van der Waals surface area contributed by atoms with Crippen LogP contribution < -0.4 is 10.6 Å². The number of hydrogen-bond acceptors (Lipinski definition) is 3. The molecule has 150 valence electrons. The minimum atomic E-state index is -3.43. The first kappa shape index (κ1) is 20.4. The van der Waals surface area contributed by atoms with Crippen LogP contribution in [0.5, 0.6) is 0 Å². The zero-order chi connectivity index (χ0) is 20.0. The molecule has 0 spiro atoms. The van der Waals surface area contributed by atoms with E-state index in [4.69, 9.17) is 0 Å². The minimum Gasteiger partial charge on any atom is -0.335 e. The normalized spacial score (nSPS) is 15.9. The van der Waals surface area contributed by atoms with Crippen molar-refractivity contribution in [1.29, 1.82) is 0 Å². The number of benzene rings is 2. The lowest BCUT2D eigenvalue weighted by molar-refractivity contribution is 0.248. The molecule has 1 fully saturated rings. The Hall–Kier alpha value is -2.38. The van der Waals surface area contributed by atoms with E-state index in [1.807, 2.05) is 25.1 Å². The number of anilines is 1. The quantitative estimate of drug-likeness (QED) is 0.744. The molecule has 1 aliphatic heterocycles. The minimum absolute atomic E-state index is 0.0232. The summed E-state index contributed by atoms with van der Waals surface area (Å²) in [5.41, 5.74) is 1.81. The predicted octanol–water partition coefficient (Wildman–Crippen LogP) is 3.61. The number of sulfonamides is 1. The fourth-order valence-electron chi connectivity index (χ4n) is 3.28. The van der Waals surface area contributed by atoms with Gasteiger partial charge in [-0.2, -0.15) is 4.31 Å². The third-order valence-electron chi connectivity index (χ3n) is 4.90. The molecule has 0 aliphatic carbocycles. The summed E-state index contributed by atoms with van der Waals surface area (Å²) < 4.78 is 26.6. The number of rotatable bonds is 7. The first-order chi connectivity index (χ1) is 13.4. The highest BCUT2D eigenvalue weighted by Crippen LogP contribution is 2.22. The van der Waals surface area contributed by atoms with Crippen LogP contribution in [-0.4, -0.2) is 37.9 Å². The van der Waals surface area contributed by atoms with Crippen LogP contribution in [0.25, 0.3) is 0 Å². The van der Waals surface area contributed by atoms with Gasteiger partial charge in [-0.25, -0.2) is 13.2 Å². The maximum Gasteiger partial charge on any atom is 0.319 e. The van der Waals surface area contributed by atoms with Gasteiger partial charge in [0.15, 0.2) is 0 Å². The molecule has 2 aromatic carbocycles. The average molecular weight is 402 g/mol. The number of carbonyl (C=O) groups is 1. The predicted molar refractivity (Wildman–Crippen MR) is 111 cm³/mol. The van der Waals surface area contributed by atoms with Gasteiger partial charge >= 0.3 is 6.03 Å². The van der Waals surface area contributed by atoms with Crippen molar-refractivity contribution in [1.82, 2.24) is 9.62 Å². The monoisotopic (exact) mass is 401 g/mol. The maximum atomic E-state index is 12.5. The Morgan fingerprint density at radius 2 is 1.68 bits per heavy atom. The van der Waals surface area contributed by atoms with E-state index in [2.05, 4.69) is 22.8 Å². The third-order valence-corrected chi connectivity index (χ3v) is 6.81. The molecular weight excluding hydrogens is 374 g/mol. The van der Waals surface area contributed by atoms with Gasteiger partial charge in [0.1, 0.15) is 0 Å². The van der Waals surface area contributed by atoms with E-state index < -0.39 is 10.0 Å². The molecule has 0 unspecified atom stereocenters. The van der Waals surface area contributed by atoms with E-state index in [0.29, 0.717) is 18.8 Å². The summed E-state index contributed by atoms with van der Waals surface area (Å²) in [6, 6.07) is 16.2. The topological polar surface area (TPSA) is 78.5 Å². The highest BCUT2D eigenvalue weighted by atomic mass is 32.2. The Bertz CT molecular complexity index is 877. The molecule has 28 heavy (non-hydrogen) atoms. The van der Waals surface area contributed by atoms with Gasteiger partial charge in [-0.1, -0.05) is 30.3 Å². The van der Waals surface area contributed by atoms with E-state index in [0.717, 1.165) is 25.7 Å². The van der Waals surface area contributed by atoms with Crippen LogP contribution in [0.1, 0.15) is 31.7 Å². The Morgan fingerprint density at radius 3 is 2.32 bits per heavy atom. The van der Waals surface area contributed by atoms with Crippen molar-refractivity contribution < 1.29 is 13.2 Å². The molecule has 1 heterocycles. The first-order valence-electron chi connectivity index (χ1n) is 9.67. The molecule has 2 aromatic rings. The molecular formula is C21H27N3O3S. The van der Waals surface area contributed by atoms with Gasteiger partial charge in [-0.05, 0) is 62.4 Å². The molecule has 0 bridgehead atoms. The lowest BCUT2D eigenvalue weighted by atomic mass is 10.1. The van der Waals surface area contributed by atoms with Crippen LogP contribution in [0.3, 0.4) is 0 Å². The Labute approximate surface area is 167 Å². The second kappa shape index (κ2) is 9.21. The van der Waals surface area contributed by atoms with Crippen LogP contribution in [0.4, 0.5) is 10.5 Å². The highest BCUT2D eigenvalue weighted by Gasteiger charge is 2.26. The molecule has 1 aliphatic rings. The van der Waals surface area contributed by atoms with Gasteiger partial charge in [-0.3, -0.25) is 0 Å². The Morgan fingerprint density at radius 1 is 1.04 bits per heavy atom. The number of aryl methyl sites for hydroxylation is 1. The van der Waals surface area contributed by atoms with E-state index in [-0.39, 0.29) is 17.0 Å². The van der Waals surface area contributed by atoms with Gasteiger partial charge in [-0.15, -0.1) is 0 Å². The lowest BCUT2D eigenvalue weighted by Gasteiger charge is -2.16. The summed E-state index contributed by atoms with van der Waals surface area (Å²) in [7, 11) is -3.43. The number of nitrogens with zero attached hydrogens (tertiary/aromatic N) is 1. The van der Waals surface area contributed by atoms with Crippen LogP contribution in [0.2, 0.25) is 0 Å². The molecule has 6 nitrogen and oxygen atoms in total. The molecule has 2 amide bonds. The van der Waals surface area contributed by atoms with Gasteiger partial charge < -0.3 is 10.6 Å². The summed E-state index contributed by atoms with van der Waals surface area (Å²) in [6.45, 7) is 3.12. The van der Waals surface area contributed by atoms with Crippen molar-refractivity contribution in [3.05, 3.63) is 60.2 Å². The summed E-state index contributed by atoms with van der Waals surface area (Å²) >= 11 is 0. The van der Waals surface area contributed by atoms with Crippen molar-refractivity contribution in [2.24, 2.45) is 0 Å². The van der Waals surface area contributed by atoms with Crippen molar-refractivity contribution in [2.45, 2.75) is 43.5 Å². The summed E-state index contributed by atoms with van der Waals surface area (Å²) in [5.74, 6) is 0. The van der Waals surface area contributed by atoms with Crippen LogP contribution in [0.15, 0.2) is 59.5 Å². The van der Waals surface area contributed by atoms with Crippen LogP contribution in [0, 0.1) is 0 Å². The van der Waals surface area contributed by atoms with Gasteiger partial charge in [0.25, 0.3) is 0 Å². The van der Waals surface area contributed by atoms with Crippen LogP contribution >= 0.6 is 0 Å². The molecule has 3 rings (SSSR count). The molecule has 2 N–H and O–H groups in total. The average Bonchev–Trinajstić information content (AvgIpc) is 3.23. The standard InChI is InChI=1S/C21H27N3O3S/c1-17(9-10-18-7-3-2-4-8-18)22-21(25)23-19-11-13-20(14-12-19)28(26,27)24-15-5-6-16-24/h2-4,7-8,11-14,17H,5-6,9-10,15-16H2,1H3,(H2,22,23,25)/t17-/m0/s1. The van der Waals surface area contributed by atoms with E-state index >= 15 is 0 Å². The molecule has 7 heteroatoms. The van der Waals surface area contributed by atoms with Gasteiger partial charge in [0, 0.05) is 24.8 Å². The second-order valence-electron chi connectivity index (χ2n) is 7.16. The van der Waals surface area contributed by atoms with Crippen molar-refractivity contribution in [2.75, 3.05) is 18.4 Å². The largest absolute Gasteiger partial charge is 0.335 e. The number of urea groups is 1. The van der Waals surface area contributed by atoms with Crippen LogP contribution in [-0.2, 0) is 16.4 Å². The fourth-order valence-corrected chi connectivity index (χ4v) is 4.80. The second-order valence-corrected chi connectivity index (χ2v) is 9.10. The third kappa shape index (κ3) is 5.33. The fraction of sp³-hybridized carbons (Fsp3) is 0.381. The lowest BCUT2D eigenvalue weighted by Crippen LogP contribution is -2.36. The Kier molecular flexibility index (Phi) is 6.70. The highest BCUT2D eigenvalue weighted by molar-refractivity contribution is 7.89. The van der Waals surface area contributed by atoms with Crippen molar-refractivity contribution in [3.63, 3.8) is 0 Å². The Balaban J connectivity index is 1.50. The number of hydrogen-bond donors (Lipinski definition) is 2. The first-order valence-corrected chi connectivity index (χ1v) is 11.1. The maximum absolute atomic E-state index is 12.5. The van der Waals surface area contributed by atoms with Crippen molar-refractivity contribution in [3.8, 4) is 0 Å². The van der Waals surface area contributed by atoms with E-state index in [1.54, 1.807) is 24.3 Å². The SMILES string of the molecule is C[C@@H](CCc1ccccc1)NC(=O)Nc1ccc(S(=O)(=O)N2CCCC2)cc1. The number of carbonyl (C=O) groups excluding carboxylic acids is 1. The van der Waals surface area contributed by atoms with Crippen molar-refractivity contribution >= 4 is 21.7 Å². The van der Waals surface area contributed by atoms with Gasteiger partial charge in [0.2, 0.25) is 10.0 Å². The number of amides is 2. The molecule has 0 aromatic heterocycles. The summed E-state index contributed by atoms with van der Waals surface area (Å²) in [5, 5.41) is 5.67. The molecule has 0 radical (unpaired) electrons. The molecule has 1 atom stereocenters. The zero-order valence-electron chi connectivity index (χ0n) is 16.1. The van der Waals surface area contributed by atoms with E-state index in [1.165, 1.54) is 9.87 Å². The summed E-state index contributed by atoms with van der Waals surface area (Å²) in [6.07, 6.45) is 3.54. The van der Waals surface area contributed by atoms with Gasteiger partial charge in [0.05, 0.1) is 4.90 Å².